The number of hydrogen-bond donors (Lipinski definition) is 0. The highest BCUT2D eigenvalue weighted by Crippen LogP contribution is 2.19. The Kier molecular flexibility index (Phi) is 8.31. The first-order valence-corrected chi connectivity index (χ1v) is 8.22. The van der Waals surface area contributed by atoms with E-state index in [1.54, 1.807) is 0 Å². The third kappa shape index (κ3) is 5.62. The van der Waals surface area contributed by atoms with Gasteiger partial charge in [-0.2, -0.15) is 0 Å². The Morgan fingerprint density at radius 2 is 1.74 bits per heavy atom. The van der Waals surface area contributed by atoms with Crippen LogP contribution in [-0.4, -0.2) is 54.3 Å². The van der Waals surface area contributed by atoms with E-state index < -0.39 is 0 Å². The van der Waals surface area contributed by atoms with Crippen LogP contribution in [0.25, 0.3) is 0 Å². The van der Waals surface area contributed by atoms with Gasteiger partial charge in [-0.1, -0.05) is 33.6 Å². The van der Waals surface area contributed by atoms with Crippen LogP contribution in [0, 0.1) is 0 Å². The molecule has 0 amide bonds. The van der Waals surface area contributed by atoms with Crippen molar-refractivity contribution < 1.29 is 4.79 Å². The van der Waals surface area contributed by atoms with Crippen molar-refractivity contribution in [1.29, 1.82) is 0 Å². The molecule has 1 aliphatic rings. The molecule has 1 atom stereocenters. The Hall–Kier alpha value is -0.410. The number of likely N-dealkylation sites (N-methyl/N-ethyl adjacent to an activating group) is 1. The highest BCUT2D eigenvalue weighted by molar-refractivity contribution is 5.84. The number of hydrogen-bond acceptors (Lipinski definition) is 3. The van der Waals surface area contributed by atoms with Crippen molar-refractivity contribution in [3.8, 4) is 0 Å². The van der Waals surface area contributed by atoms with E-state index in [-0.39, 0.29) is 6.04 Å². The van der Waals surface area contributed by atoms with E-state index in [2.05, 4.69) is 30.6 Å². The number of rotatable bonds is 8. The number of nitrogens with zero attached hydrogens (tertiary/aromatic N) is 2. The second-order valence-electron chi connectivity index (χ2n) is 5.59. The Bertz CT molecular complexity index is 251. The van der Waals surface area contributed by atoms with Crippen molar-refractivity contribution in [2.75, 3.05) is 32.7 Å². The second-order valence-corrected chi connectivity index (χ2v) is 5.59. The number of Topliss-reactive ketones (excluding diaryl/α,β-unsaturated/α-hetero) is 1. The number of carbonyl (C=O) groups excluding carboxylic acids is 1. The smallest absolute Gasteiger partial charge is 0.149 e. The van der Waals surface area contributed by atoms with Gasteiger partial charge in [0.1, 0.15) is 5.78 Å². The largest absolute Gasteiger partial charge is 0.304 e. The molecule has 0 spiro atoms. The molecule has 1 fully saturated rings. The molecule has 1 saturated carbocycles. The molecule has 0 aromatic rings. The molecule has 0 saturated heterocycles. The average molecular weight is 268 g/mol. The third-order valence-corrected chi connectivity index (χ3v) is 4.43. The van der Waals surface area contributed by atoms with Crippen LogP contribution in [0.2, 0.25) is 0 Å². The van der Waals surface area contributed by atoms with Gasteiger partial charge in [0.05, 0.1) is 6.04 Å². The van der Waals surface area contributed by atoms with Gasteiger partial charge in [-0.3, -0.25) is 9.69 Å². The van der Waals surface area contributed by atoms with E-state index in [1.165, 1.54) is 19.3 Å². The van der Waals surface area contributed by atoms with Crippen LogP contribution in [-0.2, 0) is 4.79 Å². The fraction of sp³-hybridized carbons (Fsp3) is 0.938. The molecule has 0 bridgehead atoms. The SMILES string of the molecule is CCN(CC)CCCN(CC)C1CCCCCC1=O. The Labute approximate surface area is 119 Å². The van der Waals surface area contributed by atoms with E-state index in [9.17, 15) is 4.79 Å². The molecule has 1 rings (SSSR count). The molecule has 1 aliphatic carbocycles. The van der Waals surface area contributed by atoms with Gasteiger partial charge in [0.15, 0.2) is 0 Å². The maximum atomic E-state index is 12.2. The fourth-order valence-corrected chi connectivity index (χ4v) is 3.10. The summed E-state index contributed by atoms with van der Waals surface area (Å²) < 4.78 is 0. The summed E-state index contributed by atoms with van der Waals surface area (Å²) >= 11 is 0. The van der Waals surface area contributed by atoms with Gasteiger partial charge in [0.2, 0.25) is 0 Å². The summed E-state index contributed by atoms with van der Waals surface area (Å²) in [6, 6.07) is 0.212. The lowest BCUT2D eigenvalue weighted by atomic mass is 10.1. The molecule has 0 aromatic carbocycles. The maximum absolute atomic E-state index is 12.2. The average Bonchev–Trinajstić information content (AvgIpc) is 2.64. The van der Waals surface area contributed by atoms with Gasteiger partial charge in [-0.05, 0) is 45.4 Å². The lowest BCUT2D eigenvalue weighted by Crippen LogP contribution is -2.42. The van der Waals surface area contributed by atoms with Crippen LogP contribution in [0.1, 0.15) is 59.3 Å². The summed E-state index contributed by atoms with van der Waals surface area (Å²) in [4.78, 5) is 17.0. The van der Waals surface area contributed by atoms with Gasteiger partial charge in [0, 0.05) is 13.0 Å². The molecule has 3 heteroatoms. The Morgan fingerprint density at radius 3 is 2.37 bits per heavy atom. The lowest BCUT2D eigenvalue weighted by Gasteiger charge is -2.29. The van der Waals surface area contributed by atoms with E-state index in [4.69, 9.17) is 0 Å². The Balaban J connectivity index is 2.40. The molecule has 0 aliphatic heterocycles. The molecule has 3 nitrogen and oxygen atoms in total. The summed E-state index contributed by atoms with van der Waals surface area (Å²) in [7, 11) is 0. The zero-order valence-corrected chi connectivity index (χ0v) is 13.2. The van der Waals surface area contributed by atoms with Crippen molar-refractivity contribution in [2.24, 2.45) is 0 Å². The first-order chi connectivity index (χ1) is 9.22. The van der Waals surface area contributed by atoms with Crippen molar-refractivity contribution >= 4 is 5.78 Å². The van der Waals surface area contributed by atoms with Gasteiger partial charge in [0.25, 0.3) is 0 Å². The standard InChI is InChI=1S/C16H32N2O/c1-4-17(5-2)13-10-14-18(6-3)15-11-8-7-9-12-16(15)19/h15H,4-14H2,1-3H3. The molecule has 1 unspecified atom stereocenters. The normalized spacial score (nSPS) is 21.1. The van der Waals surface area contributed by atoms with Crippen molar-refractivity contribution in [3.05, 3.63) is 0 Å². The minimum Gasteiger partial charge on any atom is -0.304 e. The highest BCUT2D eigenvalue weighted by atomic mass is 16.1. The molecule has 0 radical (unpaired) electrons. The van der Waals surface area contributed by atoms with Crippen LogP contribution in [0.4, 0.5) is 0 Å². The van der Waals surface area contributed by atoms with Crippen LogP contribution < -0.4 is 0 Å². The number of ketones is 1. The minimum absolute atomic E-state index is 0.212. The third-order valence-electron chi connectivity index (χ3n) is 4.43. The molecule has 0 N–H and O–H groups in total. The van der Waals surface area contributed by atoms with Crippen LogP contribution in [0.5, 0.6) is 0 Å². The van der Waals surface area contributed by atoms with Gasteiger partial charge in [-0.25, -0.2) is 0 Å². The Morgan fingerprint density at radius 1 is 1.00 bits per heavy atom. The zero-order valence-electron chi connectivity index (χ0n) is 13.2. The van der Waals surface area contributed by atoms with Crippen molar-refractivity contribution in [3.63, 3.8) is 0 Å². The monoisotopic (exact) mass is 268 g/mol. The quantitative estimate of drug-likeness (QED) is 0.632. The maximum Gasteiger partial charge on any atom is 0.149 e. The molecule has 0 heterocycles. The second kappa shape index (κ2) is 9.49. The fourth-order valence-electron chi connectivity index (χ4n) is 3.10. The van der Waals surface area contributed by atoms with Crippen LogP contribution >= 0.6 is 0 Å². The van der Waals surface area contributed by atoms with Gasteiger partial charge < -0.3 is 4.90 Å². The molecular weight excluding hydrogens is 236 g/mol. The van der Waals surface area contributed by atoms with Gasteiger partial charge in [-0.15, -0.1) is 0 Å². The van der Waals surface area contributed by atoms with Crippen LogP contribution in [0.3, 0.4) is 0 Å². The molecule has 19 heavy (non-hydrogen) atoms. The first kappa shape index (κ1) is 16.6. The van der Waals surface area contributed by atoms with Gasteiger partial charge >= 0.3 is 0 Å². The molecule has 112 valence electrons. The summed E-state index contributed by atoms with van der Waals surface area (Å²) in [6.07, 6.45) is 6.63. The summed E-state index contributed by atoms with van der Waals surface area (Å²) in [6.45, 7) is 12.1. The topological polar surface area (TPSA) is 23.6 Å². The minimum atomic E-state index is 0.212. The summed E-state index contributed by atoms with van der Waals surface area (Å²) in [5.74, 6) is 0.488. The molecule has 0 aromatic heterocycles. The number of carbonyl (C=O) groups is 1. The zero-order chi connectivity index (χ0) is 14.1. The van der Waals surface area contributed by atoms with E-state index in [0.29, 0.717) is 5.78 Å². The predicted octanol–water partition coefficient (Wildman–Crippen LogP) is 2.94. The van der Waals surface area contributed by atoms with Crippen molar-refractivity contribution in [1.82, 2.24) is 9.80 Å². The van der Waals surface area contributed by atoms with Crippen molar-refractivity contribution in [2.45, 2.75) is 65.3 Å². The van der Waals surface area contributed by atoms with Crippen LogP contribution in [0.15, 0.2) is 0 Å². The summed E-state index contributed by atoms with van der Waals surface area (Å²) in [5, 5.41) is 0. The first-order valence-electron chi connectivity index (χ1n) is 8.22. The molecular formula is C16H32N2O. The predicted molar refractivity (Wildman–Crippen MR) is 81.5 cm³/mol. The van der Waals surface area contributed by atoms with E-state index in [0.717, 1.165) is 52.0 Å². The highest BCUT2D eigenvalue weighted by Gasteiger charge is 2.25. The van der Waals surface area contributed by atoms with E-state index >= 15 is 0 Å². The lowest BCUT2D eigenvalue weighted by molar-refractivity contribution is -0.124. The van der Waals surface area contributed by atoms with E-state index in [1.807, 2.05) is 0 Å². The summed E-state index contributed by atoms with van der Waals surface area (Å²) in [5.41, 5.74) is 0.